The molecule has 0 bridgehead atoms. The number of nitrogens with zero attached hydrogens (tertiary/aromatic N) is 1. The van der Waals surface area contributed by atoms with Gasteiger partial charge in [-0.2, -0.15) is 0 Å². The van der Waals surface area contributed by atoms with Crippen LogP contribution in [0.1, 0.15) is 53.9 Å². The lowest BCUT2D eigenvalue weighted by molar-refractivity contribution is -0.141. The summed E-state index contributed by atoms with van der Waals surface area (Å²) in [5.41, 5.74) is 0.851. The molecule has 0 aromatic heterocycles. The number of aliphatic hydroxyl groups is 1. The predicted molar refractivity (Wildman–Crippen MR) is 89.6 cm³/mol. The van der Waals surface area contributed by atoms with Crippen LogP contribution in [0.3, 0.4) is 0 Å². The van der Waals surface area contributed by atoms with Gasteiger partial charge >= 0.3 is 0 Å². The van der Waals surface area contributed by atoms with Crippen molar-refractivity contribution in [2.75, 3.05) is 19.6 Å². The minimum Gasteiger partial charge on any atom is -0.389 e. The molecule has 3 aliphatic rings. The minimum absolute atomic E-state index is 0.0677. The molecule has 2 amide bonds. The van der Waals surface area contributed by atoms with Gasteiger partial charge in [-0.25, -0.2) is 0 Å². The van der Waals surface area contributed by atoms with Crippen molar-refractivity contribution >= 4 is 11.8 Å². The lowest BCUT2D eigenvalue weighted by Gasteiger charge is -2.47. The minimum atomic E-state index is -0.576. The Bertz CT molecular complexity index is 660. The normalized spacial score (nSPS) is 26.3. The molecule has 1 aromatic rings. The third kappa shape index (κ3) is 2.51. The molecule has 1 atom stereocenters. The molecule has 2 heterocycles. The fraction of sp³-hybridized carbons (Fsp3) is 0.579. The highest BCUT2D eigenvalue weighted by Gasteiger charge is 2.44. The first-order chi connectivity index (χ1) is 11.6. The van der Waals surface area contributed by atoms with Gasteiger partial charge in [0.15, 0.2) is 0 Å². The predicted octanol–water partition coefficient (Wildman–Crippen LogP) is 1.67. The summed E-state index contributed by atoms with van der Waals surface area (Å²) in [6.45, 7) is 1.58. The number of carbonyl (C=O) groups excluding carboxylic acids is 2. The van der Waals surface area contributed by atoms with E-state index in [9.17, 15) is 14.7 Å². The number of likely N-dealkylation sites (tertiary alicyclic amines) is 1. The number of rotatable bonds is 2. The molecule has 5 nitrogen and oxygen atoms in total. The maximum atomic E-state index is 13.0. The summed E-state index contributed by atoms with van der Waals surface area (Å²) in [5.74, 6) is 0.0732. The maximum absolute atomic E-state index is 13.0. The van der Waals surface area contributed by atoms with Crippen LogP contribution in [-0.4, -0.2) is 47.1 Å². The Labute approximate surface area is 142 Å². The number of amides is 2. The van der Waals surface area contributed by atoms with Crippen LogP contribution < -0.4 is 5.32 Å². The number of fused-ring (bicyclic) bond motifs is 1. The number of benzene rings is 1. The first-order valence-electron chi connectivity index (χ1n) is 8.97. The molecule has 1 saturated carbocycles. The number of piperidine rings is 1. The molecule has 2 aliphatic heterocycles. The van der Waals surface area contributed by atoms with Crippen molar-refractivity contribution in [3.8, 4) is 0 Å². The summed E-state index contributed by atoms with van der Waals surface area (Å²) in [5, 5.41) is 13.6. The van der Waals surface area contributed by atoms with E-state index in [1.165, 1.54) is 6.42 Å². The van der Waals surface area contributed by atoms with Crippen molar-refractivity contribution in [3.63, 3.8) is 0 Å². The average Bonchev–Trinajstić information content (AvgIpc) is 2.54. The molecular formula is C19H24N2O3. The summed E-state index contributed by atoms with van der Waals surface area (Å²) < 4.78 is 0. The van der Waals surface area contributed by atoms with Crippen molar-refractivity contribution in [1.29, 1.82) is 0 Å². The van der Waals surface area contributed by atoms with E-state index in [0.717, 1.165) is 18.4 Å². The number of nitrogens with one attached hydrogen (secondary N) is 1. The van der Waals surface area contributed by atoms with Gasteiger partial charge < -0.3 is 15.3 Å². The van der Waals surface area contributed by atoms with Gasteiger partial charge in [0.05, 0.1) is 11.5 Å². The van der Waals surface area contributed by atoms with Crippen molar-refractivity contribution < 1.29 is 14.7 Å². The molecule has 128 valence electrons. The van der Waals surface area contributed by atoms with Crippen molar-refractivity contribution in [2.45, 2.75) is 43.6 Å². The summed E-state index contributed by atoms with van der Waals surface area (Å²) >= 11 is 0. The lowest BCUT2D eigenvalue weighted by atomic mass is 9.68. The van der Waals surface area contributed by atoms with E-state index in [-0.39, 0.29) is 17.7 Å². The Kier molecular flexibility index (Phi) is 3.83. The fourth-order valence-electron chi connectivity index (χ4n) is 4.32. The van der Waals surface area contributed by atoms with Crippen LogP contribution in [0.2, 0.25) is 0 Å². The molecule has 1 aliphatic carbocycles. The fourth-order valence-corrected chi connectivity index (χ4v) is 4.32. The van der Waals surface area contributed by atoms with Gasteiger partial charge in [0.25, 0.3) is 5.91 Å². The second-order valence-electron chi connectivity index (χ2n) is 7.41. The molecule has 24 heavy (non-hydrogen) atoms. The number of hydrogen-bond acceptors (Lipinski definition) is 3. The Balaban J connectivity index is 1.47. The smallest absolute Gasteiger partial charge is 0.251 e. The molecule has 1 aromatic carbocycles. The van der Waals surface area contributed by atoms with Gasteiger partial charge in [-0.1, -0.05) is 24.6 Å². The van der Waals surface area contributed by atoms with E-state index in [1.807, 2.05) is 23.1 Å². The third-order valence-corrected chi connectivity index (χ3v) is 6.15. The number of hydrogen-bond donors (Lipinski definition) is 2. The summed E-state index contributed by atoms with van der Waals surface area (Å²) in [4.78, 5) is 26.8. The summed E-state index contributed by atoms with van der Waals surface area (Å²) in [7, 11) is 0. The van der Waals surface area contributed by atoms with Crippen molar-refractivity contribution in [3.05, 3.63) is 35.4 Å². The van der Waals surface area contributed by atoms with Crippen LogP contribution in [0.25, 0.3) is 0 Å². The van der Waals surface area contributed by atoms with Crippen molar-refractivity contribution in [1.82, 2.24) is 10.2 Å². The van der Waals surface area contributed by atoms with Crippen molar-refractivity contribution in [2.24, 2.45) is 5.92 Å². The quantitative estimate of drug-likeness (QED) is 0.867. The largest absolute Gasteiger partial charge is 0.389 e. The van der Waals surface area contributed by atoms with E-state index >= 15 is 0 Å². The second kappa shape index (κ2) is 5.88. The monoisotopic (exact) mass is 328 g/mol. The molecule has 1 unspecified atom stereocenters. The Morgan fingerprint density at radius 1 is 1.21 bits per heavy atom. The van der Waals surface area contributed by atoms with Crippen LogP contribution in [0, 0.1) is 5.92 Å². The third-order valence-electron chi connectivity index (χ3n) is 6.15. The highest BCUT2D eigenvalue weighted by atomic mass is 16.3. The Hall–Kier alpha value is -1.88. The van der Waals surface area contributed by atoms with Crippen LogP contribution in [0.15, 0.2) is 24.3 Å². The molecule has 5 heteroatoms. The first kappa shape index (κ1) is 15.6. The maximum Gasteiger partial charge on any atom is 0.251 e. The van der Waals surface area contributed by atoms with E-state index in [2.05, 4.69) is 5.32 Å². The van der Waals surface area contributed by atoms with Gasteiger partial charge in [0, 0.05) is 25.2 Å². The standard InChI is InChI=1S/C19H24N2O3/c22-17-15-7-2-1-6-14(15)16(12-20-17)18(23)21-10-8-19(24,9-11-21)13-4-3-5-13/h1-2,6-7,13,16,24H,3-5,8-12H2,(H,20,22). The highest BCUT2D eigenvalue weighted by Crippen LogP contribution is 2.42. The Morgan fingerprint density at radius 3 is 2.58 bits per heavy atom. The lowest BCUT2D eigenvalue weighted by Crippen LogP contribution is -2.53. The molecule has 0 radical (unpaired) electrons. The zero-order valence-electron chi connectivity index (χ0n) is 13.8. The molecule has 1 saturated heterocycles. The van der Waals surface area contributed by atoms with Gasteiger partial charge in [-0.15, -0.1) is 0 Å². The van der Waals surface area contributed by atoms with E-state index in [0.29, 0.717) is 44.0 Å². The van der Waals surface area contributed by atoms with Crippen LogP contribution in [0.5, 0.6) is 0 Å². The van der Waals surface area contributed by atoms with Gasteiger partial charge in [0.2, 0.25) is 5.91 Å². The van der Waals surface area contributed by atoms with Gasteiger partial charge in [-0.05, 0) is 43.2 Å². The number of carbonyl (C=O) groups is 2. The summed E-state index contributed by atoms with van der Waals surface area (Å²) in [6, 6.07) is 7.36. The average molecular weight is 328 g/mol. The van der Waals surface area contributed by atoms with Crippen LogP contribution >= 0.6 is 0 Å². The Morgan fingerprint density at radius 2 is 1.92 bits per heavy atom. The summed E-state index contributed by atoms with van der Waals surface area (Å²) in [6.07, 6.45) is 4.79. The van der Waals surface area contributed by atoms with E-state index in [4.69, 9.17) is 0 Å². The molecule has 2 fully saturated rings. The van der Waals surface area contributed by atoms with E-state index in [1.54, 1.807) is 6.07 Å². The highest BCUT2D eigenvalue weighted by molar-refractivity contribution is 6.00. The van der Waals surface area contributed by atoms with Gasteiger partial charge in [0.1, 0.15) is 0 Å². The molecule has 4 rings (SSSR count). The molecular weight excluding hydrogens is 304 g/mol. The SMILES string of the molecule is O=C1NCC(C(=O)N2CCC(O)(C3CCC3)CC2)c2ccccc21. The first-order valence-corrected chi connectivity index (χ1v) is 8.97. The van der Waals surface area contributed by atoms with Crippen LogP contribution in [0.4, 0.5) is 0 Å². The van der Waals surface area contributed by atoms with Crippen LogP contribution in [-0.2, 0) is 4.79 Å². The molecule has 0 spiro atoms. The topological polar surface area (TPSA) is 69.6 Å². The van der Waals surface area contributed by atoms with Gasteiger partial charge in [-0.3, -0.25) is 9.59 Å². The molecule has 2 N–H and O–H groups in total. The zero-order valence-corrected chi connectivity index (χ0v) is 13.8. The zero-order chi connectivity index (χ0) is 16.7. The second-order valence-corrected chi connectivity index (χ2v) is 7.41. The van der Waals surface area contributed by atoms with E-state index < -0.39 is 5.60 Å².